The smallest absolute Gasteiger partial charge is 0.0662 e. The molecule has 0 aliphatic carbocycles. The highest BCUT2D eigenvalue weighted by molar-refractivity contribution is 4.52. The average molecular weight is 230 g/mol. The number of aliphatic hydroxyl groups excluding tert-OH is 2. The molecule has 0 aromatic heterocycles. The van der Waals surface area contributed by atoms with Gasteiger partial charge in [-0.1, -0.05) is 24.3 Å². The van der Waals surface area contributed by atoms with Crippen molar-refractivity contribution in [3.8, 4) is 0 Å². The highest BCUT2D eigenvalue weighted by atomic mass is 16.3. The Hall–Kier alpha value is -1.12. The second-order valence-corrected chi connectivity index (χ2v) is 2.08. The van der Waals surface area contributed by atoms with E-state index in [1.807, 2.05) is 27.7 Å². The molecule has 0 aromatic rings. The zero-order valence-corrected chi connectivity index (χ0v) is 11.4. The lowest BCUT2D eigenvalue weighted by Crippen LogP contribution is -1.85. The zero-order chi connectivity index (χ0) is 14.2. The Morgan fingerprint density at radius 3 is 0.688 bits per heavy atom. The van der Waals surface area contributed by atoms with Crippen LogP contribution in [0.5, 0.6) is 0 Å². The van der Waals surface area contributed by atoms with E-state index in [-0.39, 0.29) is 13.2 Å². The highest BCUT2D eigenvalue weighted by Crippen LogP contribution is 1.40. The minimum absolute atomic E-state index is 0.125. The number of hydrogen-bond donors (Lipinski definition) is 2. The van der Waals surface area contributed by atoms with E-state index in [2.05, 4.69) is 26.3 Å². The molecule has 0 aromatic carbocycles. The third-order valence-electron chi connectivity index (χ3n) is 0.1000. The summed E-state index contributed by atoms with van der Waals surface area (Å²) in [6.45, 7) is 20.8. The third-order valence-corrected chi connectivity index (χ3v) is 0.1000. The van der Waals surface area contributed by atoms with Crippen molar-refractivity contribution in [1.29, 1.82) is 0 Å². The van der Waals surface area contributed by atoms with Crippen molar-refractivity contribution < 1.29 is 10.2 Å². The van der Waals surface area contributed by atoms with Crippen LogP contribution in [0.15, 0.2) is 50.6 Å². The number of allylic oxidation sites excluding steroid dienone is 4. The first-order valence-electron chi connectivity index (χ1n) is 5.07. The molecular formula is C14H30O2. The van der Waals surface area contributed by atoms with Crippen LogP contribution in [-0.2, 0) is 0 Å². The Bertz CT molecular complexity index is 81.3. The van der Waals surface area contributed by atoms with Gasteiger partial charge < -0.3 is 10.2 Å². The molecule has 0 bridgehead atoms. The number of rotatable bonds is 1. The van der Waals surface area contributed by atoms with E-state index in [4.69, 9.17) is 10.2 Å². The fourth-order valence-electron chi connectivity index (χ4n) is 0. The van der Waals surface area contributed by atoms with Crippen molar-refractivity contribution in [3.63, 3.8) is 0 Å². The van der Waals surface area contributed by atoms with E-state index >= 15 is 0 Å². The maximum atomic E-state index is 7.62. The monoisotopic (exact) mass is 230 g/mol. The molecule has 0 saturated carbocycles. The van der Waals surface area contributed by atoms with Gasteiger partial charge in [-0.15, -0.1) is 26.3 Å². The van der Waals surface area contributed by atoms with E-state index in [1.165, 1.54) is 0 Å². The van der Waals surface area contributed by atoms with Gasteiger partial charge in [0.25, 0.3) is 0 Å². The lowest BCUT2D eigenvalue weighted by molar-refractivity contribution is 0.186. The maximum Gasteiger partial charge on any atom is 0.0662 e. The van der Waals surface area contributed by atoms with E-state index in [0.29, 0.717) is 0 Å². The van der Waals surface area contributed by atoms with Crippen molar-refractivity contribution in [2.24, 2.45) is 0 Å². The topological polar surface area (TPSA) is 40.5 Å². The summed E-state index contributed by atoms with van der Waals surface area (Å²) in [6.07, 6.45) is 7.00. The van der Waals surface area contributed by atoms with Crippen LogP contribution in [0.2, 0.25) is 0 Å². The second kappa shape index (κ2) is 96.7. The molecule has 0 aliphatic heterocycles. The maximum absolute atomic E-state index is 7.62. The van der Waals surface area contributed by atoms with Crippen molar-refractivity contribution in [2.75, 3.05) is 13.2 Å². The van der Waals surface area contributed by atoms with Crippen LogP contribution in [0.3, 0.4) is 0 Å². The van der Waals surface area contributed by atoms with Gasteiger partial charge in [0, 0.05) is 0 Å². The predicted octanol–water partition coefficient (Wildman–Crippen LogP) is 3.74. The molecule has 0 rings (SSSR count). The molecular weight excluding hydrogens is 200 g/mol. The fraction of sp³-hybridized carbons (Fsp3) is 0.429. The van der Waals surface area contributed by atoms with Crippen LogP contribution in [0.25, 0.3) is 0 Å². The van der Waals surface area contributed by atoms with Gasteiger partial charge in [0.15, 0.2) is 0 Å². The van der Waals surface area contributed by atoms with E-state index in [9.17, 15) is 0 Å². The summed E-state index contributed by atoms with van der Waals surface area (Å²) < 4.78 is 0. The first kappa shape index (κ1) is 29.4. The zero-order valence-electron chi connectivity index (χ0n) is 11.4. The van der Waals surface area contributed by atoms with Crippen molar-refractivity contribution in [2.45, 2.75) is 27.7 Å². The number of hydrogen-bond acceptors (Lipinski definition) is 2. The van der Waals surface area contributed by atoms with Gasteiger partial charge in [0.2, 0.25) is 0 Å². The normalized spacial score (nSPS) is 5.12. The van der Waals surface area contributed by atoms with Crippen LogP contribution in [0.4, 0.5) is 0 Å². The lowest BCUT2D eigenvalue weighted by atomic mass is 10.8. The molecule has 0 radical (unpaired) electrons. The Morgan fingerprint density at radius 2 is 0.688 bits per heavy atom. The average Bonchev–Trinajstić information content (AvgIpc) is 2.22. The lowest BCUT2D eigenvalue weighted by Gasteiger charge is -1.70. The van der Waals surface area contributed by atoms with Crippen LogP contribution in [0.1, 0.15) is 27.7 Å². The Balaban J connectivity index is -0.0000000317. The van der Waals surface area contributed by atoms with Gasteiger partial charge in [-0.25, -0.2) is 0 Å². The molecule has 0 heterocycles. The summed E-state index contributed by atoms with van der Waals surface area (Å²) >= 11 is 0. The van der Waals surface area contributed by atoms with Crippen LogP contribution < -0.4 is 0 Å². The Morgan fingerprint density at radius 1 is 0.625 bits per heavy atom. The fourth-order valence-corrected chi connectivity index (χ4v) is 0. The van der Waals surface area contributed by atoms with Crippen LogP contribution >= 0.6 is 0 Å². The molecule has 16 heavy (non-hydrogen) atoms. The Labute approximate surface area is 102 Å². The SMILES string of the molecule is C=CC.C=CC.C=CC.C=CC.OCCO. The minimum atomic E-state index is -0.125. The first-order chi connectivity index (χ1) is 7.57. The first-order valence-corrected chi connectivity index (χ1v) is 5.07. The minimum Gasteiger partial charge on any atom is -0.394 e. The second-order valence-electron chi connectivity index (χ2n) is 2.08. The van der Waals surface area contributed by atoms with Gasteiger partial charge in [-0.05, 0) is 27.7 Å². The van der Waals surface area contributed by atoms with Crippen LogP contribution in [0, 0.1) is 0 Å². The molecule has 2 heteroatoms. The van der Waals surface area contributed by atoms with Gasteiger partial charge in [0.1, 0.15) is 0 Å². The van der Waals surface area contributed by atoms with Gasteiger partial charge in [0.05, 0.1) is 13.2 Å². The third kappa shape index (κ3) is 126000. The summed E-state index contributed by atoms with van der Waals surface area (Å²) in [5, 5.41) is 15.2. The highest BCUT2D eigenvalue weighted by Gasteiger charge is 1.58. The summed E-state index contributed by atoms with van der Waals surface area (Å²) in [5.41, 5.74) is 0. The number of aliphatic hydroxyl groups is 2. The van der Waals surface area contributed by atoms with Crippen molar-refractivity contribution >= 4 is 0 Å². The van der Waals surface area contributed by atoms with E-state index in [1.54, 1.807) is 24.3 Å². The molecule has 0 spiro atoms. The largest absolute Gasteiger partial charge is 0.394 e. The summed E-state index contributed by atoms with van der Waals surface area (Å²) in [6, 6.07) is 0. The standard InChI is InChI=1S/4C3H6.C2H6O2/c4*1-3-2;3-1-2-4/h4*3H,1H2,2H3;3-4H,1-2H2. The van der Waals surface area contributed by atoms with Gasteiger partial charge in [-0.3, -0.25) is 0 Å². The Kier molecular flexibility index (Phi) is 177. The molecule has 0 unspecified atom stereocenters. The van der Waals surface area contributed by atoms with Crippen molar-refractivity contribution in [1.82, 2.24) is 0 Å². The molecule has 2 nitrogen and oxygen atoms in total. The molecule has 0 aliphatic rings. The summed E-state index contributed by atoms with van der Waals surface area (Å²) in [7, 11) is 0. The summed E-state index contributed by atoms with van der Waals surface area (Å²) in [5.74, 6) is 0. The van der Waals surface area contributed by atoms with Gasteiger partial charge in [-0.2, -0.15) is 0 Å². The molecule has 0 saturated heterocycles. The predicted molar refractivity (Wildman–Crippen MR) is 77.7 cm³/mol. The molecule has 0 fully saturated rings. The van der Waals surface area contributed by atoms with Crippen LogP contribution in [-0.4, -0.2) is 23.4 Å². The summed E-state index contributed by atoms with van der Waals surface area (Å²) in [4.78, 5) is 0. The molecule has 2 N–H and O–H groups in total. The molecule has 0 amide bonds. The van der Waals surface area contributed by atoms with E-state index in [0.717, 1.165) is 0 Å². The van der Waals surface area contributed by atoms with Gasteiger partial charge >= 0.3 is 0 Å². The quantitative estimate of drug-likeness (QED) is 0.674. The molecule has 0 atom stereocenters. The van der Waals surface area contributed by atoms with Crippen molar-refractivity contribution in [3.05, 3.63) is 50.6 Å². The van der Waals surface area contributed by atoms with E-state index < -0.39 is 0 Å². The molecule has 98 valence electrons.